The van der Waals surface area contributed by atoms with Gasteiger partial charge in [-0.25, -0.2) is 4.68 Å². The van der Waals surface area contributed by atoms with Crippen LogP contribution in [0, 0.1) is 0 Å². The molecule has 1 fully saturated rings. The lowest BCUT2D eigenvalue weighted by atomic mass is 9.98. The average Bonchev–Trinajstić information content (AvgIpc) is 3.31. The number of carbonyl (C=O) groups excluding carboxylic acids is 2. The van der Waals surface area contributed by atoms with Crippen molar-refractivity contribution in [1.82, 2.24) is 14.7 Å². The Kier molecular flexibility index (Phi) is 8.09. The molecule has 0 radical (unpaired) electrons. The largest absolute Gasteiger partial charge is 0.497 e. The van der Waals surface area contributed by atoms with Gasteiger partial charge >= 0.3 is 0 Å². The predicted molar refractivity (Wildman–Crippen MR) is 156 cm³/mol. The summed E-state index contributed by atoms with van der Waals surface area (Å²) in [7, 11) is 3.27. The van der Waals surface area contributed by atoms with Crippen molar-refractivity contribution in [2.24, 2.45) is 0 Å². The molecular weight excluding hydrogens is 528 g/mol. The third-order valence-corrected chi connectivity index (χ3v) is 8.38. The molecule has 40 heavy (non-hydrogen) atoms. The number of hydrogen-bond acceptors (Lipinski definition) is 7. The molecule has 3 aromatic rings. The lowest BCUT2D eigenvalue weighted by Crippen LogP contribution is -2.48. The quantitative estimate of drug-likeness (QED) is 0.440. The molecule has 9 nitrogen and oxygen atoms in total. The number of anilines is 1. The number of fused-ring (bicyclic) bond motifs is 1. The van der Waals surface area contributed by atoms with Crippen molar-refractivity contribution in [3.8, 4) is 22.8 Å². The number of thioether (sulfide) groups is 1. The highest BCUT2D eigenvalue weighted by Crippen LogP contribution is 2.51. The van der Waals surface area contributed by atoms with Gasteiger partial charge < -0.3 is 19.1 Å². The van der Waals surface area contributed by atoms with Crippen molar-refractivity contribution in [1.29, 1.82) is 0 Å². The number of methoxy groups -OCH3 is 2. The van der Waals surface area contributed by atoms with Gasteiger partial charge in [0.2, 0.25) is 11.8 Å². The topological polar surface area (TPSA) is 86.1 Å². The summed E-state index contributed by atoms with van der Waals surface area (Å²) in [5.41, 5.74) is 2.98. The van der Waals surface area contributed by atoms with Gasteiger partial charge in [0.15, 0.2) is 0 Å². The van der Waals surface area contributed by atoms with Crippen LogP contribution in [0.4, 0.5) is 5.82 Å². The summed E-state index contributed by atoms with van der Waals surface area (Å²) in [5.74, 6) is 1.97. The summed E-state index contributed by atoms with van der Waals surface area (Å²) in [6.45, 7) is 8.12. The van der Waals surface area contributed by atoms with Gasteiger partial charge in [-0.15, -0.1) is 11.8 Å². The standard InChI is InChI=1S/C30H36N4O5S/c1-30(2,3)34-29-26(27(31-34)20-9-7-6-8-10-20)28(22-17-21(37-4)11-12-23(22)38-5)40-19-25(36)33(29)18-24(35)32-13-15-39-16-14-32/h6-12,17,28H,13-16,18-19H2,1-5H3/t28-/m0/s1. The van der Waals surface area contributed by atoms with Gasteiger partial charge in [-0.3, -0.25) is 14.5 Å². The van der Waals surface area contributed by atoms with Crippen LogP contribution in [0.1, 0.15) is 37.1 Å². The smallest absolute Gasteiger partial charge is 0.242 e. The molecular formula is C30H36N4O5S. The molecule has 10 heteroatoms. The van der Waals surface area contributed by atoms with Crippen LogP contribution in [0.2, 0.25) is 0 Å². The van der Waals surface area contributed by atoms with Crippen LogP contribution in [0.15, 0.2) is 48.5 Å². The van der Waals surface area contributed by atoms with E-state index >= 15 is 0 Å². The van der Waals surface area contributed by atoms with Crippen LogP contribution < -0.4 is 14.4 Å². The van der Waals surface area contributed by atoms with E-state index in [9.17, 15) is 9.59 Å². The Labute approximate surface area is 239 Å². The number of amides is 2. The highest BCUT2D eigenvalue weighted by atomic mass is 32.2. The Hall–Kier alpha value is -3.50. The number of morpholine rings is 1. The van der Waals surface area contributed by atoms with Crippen LogP contribution in [-0.2, 0) is 19.9 Å². The SMILES string of the molecule is COc1ccc(OC)c([C@@H]2SCC(=O)N(CC(=O)N3CCOCC3)c3c2c(-c2ccccc2)nn3C(C)(C)C)c1. The minimum atomic E-state index is -0.477. The number of ether oxygens (including phenoxy) is 3. The lowest BCUT2D eigenvalue weighted by molar-refractivity contribution is -0.134. The van der Waals surface area contributed by atoms with Crippen molar-refractivity contribution >= 4 is 29.4 Å². The van der Waals surface area contributed by atoms with Gasteiger partial charge in [0.05, 0.1) is 49.7 Å². The van der Waals surface area contributed by atoms with Crippen LogP contribution in [-0.4, -0.2) is 79.3 Å². The van der Waals surface area contributed by atoms with Crippen molar-refractivity contribution < 1.29 is 23.8 Å². The molecule has 2 amide bonds. The van der Waals surface area contributed by atoms with Crippen LogP contribution in [0.5, 0.6) is 11.5 Å². The predicted octanol–water partition coefficient (Wildman–Crippen LogP) is 4.35. The first-order valence-electron chi connectivity index (χ1n) is 13.4. The number of carbonyl (C=O) groups is 2. The van der Waals surface area contributed by atoms with Crippen molar-refractivity contribution in [3.05, 3.63) is 59.7 Å². The molecule has 1 atom stereocenters. The van der Waals surface area contributed by atoms with Crippen molar-refractivity contribution in [2.45, 2.75) is 31.6 Å². The van der Waals surface area contributed by atoms with Gasteiger partial charge in [0.1, 0.15) is 23.9 Å². The van der Waals surface area contributed by atoms with E-state index in [0.29, 0.717) is 43.6 Å². The van der Waals surface area contributed by atoms with Crippen LogP contribution in [0.25, 0.3) is 11.3 Å². The maximum atomic E-state index is 13.9. The molecule has 0 bridgehead atoms. The molecule has 2 aliphatic rings. The van der Waals surface area contributed by atoms with E-state index in [0.717, 1.165) is 22.4 Å². The van der Waals surface area contributed by atoms with E-state index < -0.39 is 5.54 Å². The van der Waals surface area contributed by atoms with Crippen molar-refractivity contribution in [3.63, 3.8) is 0 Å². The zero-order chi connectivity index (χ0) is 28.4. The fourth-order valence-electron chi connectivity index (χ4n) is 5.13. The van der Waals surface area contributed by atoms with E-state index in [1.54, 1.807) is 24.0 Å². The fourth-order valence-corrected chi connectivity index (χ4v) is 6.35. The number of nitrogens with zero attached hydrogens (tertiary/aromatic N) is 4. The Morgan fingerprint density at radius 3 is 2.45 bits per heavy atom. The summed E-state index contributed by atoms with van der Waals surface area (Å²) in [5, 5.41) is 4.84. The Morgan fingerprint density at radius 1 is 1.07 bits per heavy atom. The summed E-state index contributed by atoms with van der Waals surface area (Å²) >= 11 is 1.51. The molecule has 2 aliphatic heterocycles. The van der Waals surface area contributed by atoms with E-state index in [2.05, 4.69) is 20.8 Å². The normalized spacial score (nSPS) is 17.8. The molecule has 0 N–H and O–H groups in total. The second kappa shape index (κ2) is 11.5. The third-order valence-electron chi connectivity index (χ3n) is 7.15. The second-order valence-corrected chi connectivity index (χ2v) is 11.9. The van der Waals surface area contributed by atoms with Gasteiger partial charge in [-0.1, -0.05) is 30.3 Å². The highest BCUT2D eigenvalue weighted by molar-refractivity contribution is 8.00. The number of aromatic nitrogens is 2. The Bertz CT molecular complexity index is 1380. The van der Waals surface area contributed by atoms with Gasteiger partial charge in [0.25, 0.3) is 0 Å². The molecule has 212 valence electrons. The minimum absolute atomic E-state index is 0.0651. The summed E-state index contributed by atoms with van der Waals surface area (Å²) in [4.78, 5) is 30.8. The van der Waals surface area contributed by atoms with E-state index in [4.69, 9.17) is 19.3 Å². The van der Waals surface area contributed by atoms with Crippen LogP contribution >= 0.6 is 11.8 Å². The van der Waals surface area contributed by atoms with E-state index in [1.807, 2.05) is 53.2 Å². The number of benzene rings is 2. The zero-order valence-electron chi connectivity index (χ0n) is 23.7. The van der Waals surface area contributed by atoms with Crippen molar-refractivity contribution in [2.75, 3.05) is 57.7 Å². The maximum absolute atomic E-state index is 13.9. The summed E-state index contributed by atoms with van der Waals surface area (Å²) in [6, 6.07) is 15.7. The Morgan fingerprint density at radius 2 is 1.80 bits per heavy atom. The molecule has 0 saturated carbocycles. The molecule has 1 aromatic heterocycles. The molecule has 1 saturated heterocycles. The maximum Gasteiger partial charge on any atom is 0.242 e. The fraction of sp³-hybridized carbons (Fsp3) is 0.433. The third kappa shape index (κ3) is 5.42. The zero-order valence-corrected chi connectivity index (χ0v) is 24.5. The van der Waals surface area contributed by atoms with Gasteiger partial charge in [-0.2, -0.15) is 5.10 Å². The summed E-state index contributed by atoms with van der Waals surface area (Å²) in [6.07, 6.45) is 0. The molecule has 0 spiro atoms. The average molecular weight is 565 g/mol. The Balaban J connectivity index is 1.75. The van der Waals surface area contributed by atoms with Gasteiger partial charge in [-0.05, 0) is 39.0 Å². The minimum Gasteiger partial charge on any atom is -0.497 e. The molecule has 3 heterocycles. The first-order chi connectivity index (χ1) is 19.2. The first kappa shape index (κ1) is 28.0. The number of rotatable bonds is 6. The molecule has 0 aliphatic carbocycles. The van der Waals surface area contributed by atoms with E-state index in [-0.39, 0.29) is 29.4 Å². The molecule has 2 aromatic carbocycles. The van der Waals surface area contributed by atoms with Crippen LogP contribution in [0.3, 0.4) is 0 Å². The van der Waals surface area contributed by atoms with E-state index in [1.165, 1.54) is 11.8 Å². The first-order valence-corrected chi connectivity index (χ1v) is 14.5. The number of hydrogen-bond donors (Lipinski definition) is 0. The lowest BCUT2D eigenvalue weighted by Gasteiger charge is -2.32. The van der Waals surface area contributed by atoms with Gasteiger partial charge in [0, 0.05) is 29.8 Å². The second-order valence-electron chi connectivity index (χ2n) is 10.8. The molecule has 0 unspecified atom stereocenters. The molecule has 5 rings (SSSR count). The highest BCUT2D eigenvalue weighted by Gasteiger charge is 2.40. The monoisotopic (exact) mass is 564 g/mol. The summed E-state index contributed by atoms with van der Waals surface area (Å²) < 4.78 is 18.7.